The van der Waals surface area contributed by atoms with Gasteiger partial charge in [0.1, 0.15) is 11.4 Å². The highest BCUT2D eigenvalue weighted by molar-refractivity contribution is 6.48. The zero-order chi connectivity index (χ0) is 13.7. The van der Waals surface area contributed by atoms with Crippen molar-refractivity contribution < 1.29 is 10.4 Å². The molecule has 19 heavy (non-hydrogen) atoms. The molecule has 0 saturated heterocycles. The first-order valence-electron chi connectivity index (χ1n) is 6.83. The van der Waals surface area contributed by atoms with Crippen molar-refractivity contribution in [3.63, 3.8) is 0 Å². The molecule has 0 aromatic heterocycles. The molecule has 2 N–H and O–H groups in total. The molecule has 1 aliphatic rings. The van der Waals surface area contributed by atoms with Crippen molar-refractivity contribution in [2.24, 2.45) is 10.3 Å². The Labute approximate surface area is 113 Å². The summed E-state index contributed by atoms with van der Waals surface area (Å²) in [7, 11) is 0. The van der Waals surface area contributed by atoms with E-state index in [1.165, 1.54) is 31.2 Å². The highest BCUT2D eigenvalue weighted by atomic mass is 16.4. The van der Waals surface area contributed by atoms with E-state index in [0.717, 1.165) is 5.56 Å². The summed E-state index contributed by atoms with van der Waals surface area (Å²) in [6.07, 6.45) is 5.66. The minimum Gasteiger partial charge on any atom is -0.411 e. The van der Waals surface area contributed by atoms with Crippen molar-refractivity contribution in [2.45, 2.75) is 44.9 Å². The maximum Gasteiger partial charge on any atom is 0.134 e. The summed E-state index contributed by atoms with van der Waals surface area (Å²) in [4.78, 5) is 0. The predicted molar refractivity (Wildman–Crippen MR) is 75.5 cm³/mol. The van der Waals surface area contributed by atoms with Gasteiger partial charge in [-0.1, -0.05) is 54.3 Å². The molecule has 0 atom stereocenters. The van der Waals surface area contributed by atoms with E-state index in [4.69, 9.17) is 10.4 Å². The smallest absolute Gasteiger partial charge is 0.134 e. The summed E-state index contributed by atoms with van der Waals surface area (Å²) >= 11 is 0. The van der Waals surface area contributed by atoms with E-state index < -0.39 is 0 Å². The van der Waals surface area contributed by atoms with Gasteiger partial charge < -0.3 is 10.4 Å². The van der Waals surface area contributed by atoms with Crippen LogP contribution >= 0.6 is 0 Å². The molecule has 102 valence electrons. The summed E-state index contributed by atoms with van der Waals surface area (Å²) in [5, 5.41) is 24.4. The number of hydrogen-bond donors (Lipinski definition) is 2. The first kappa shape index (κ1) is 13.6. The van der Waals surface area contributed by atoms with Crippen LogP contribution in [0.1, 0.15) is 56.1 Å². The van der Waals surface area contributed by atoms with Gasteiger partial charge in [0, 0.05) is 5.56 Å². The SMILES string of the molecule is CCC(=N\O)/C(=N\O)c1ccc(C2CCCC2)cc1. The Morgan fingerprint density at radius 1 is 1.11 bits per heavy atom. The highest BCUT2D eigenvalue weighted by Gasteiger charge is 2.18. The van der Waals surface area contributed by atoms with Crippen LogP contribution in [0.25, 0.3) is 0 Å². The lowest BCUT2D eigenvalue weighted by atomic mass is 9.95. The Morgan fingerprint density at radius 3 is 2.21 bits per heavy atom. The molecule has 4 nitrogen and oxygen atoms in total. The Balaban J connectivity index is 2.21. The molecule has 0 unspecified atom stereocenters. The highest BCUT2D eigenvalue weighted by Crippen LogP contribution is 2.34. The monoisotopic (exact) mass is 260 g/mol. The van der Waals surface area contributed by atoms with Gasteiger partial charge in [0.25, 0.3) is 0 Å². The number of oxime groups is 2. The fraction of sp³-hybridized carbons (Fsp3) is 0.467. The topological polar surface area (TPSA) is 65.2 Å². The minimum atomic E-state index is 0.336. The molecule has 0 amide bonds. The van der Waals surface area contributed by atoms with Crippen molar-refractivity contribution in [2.75, 3.05) is 0 Å². The third-order valence-electron chi connectivity index (χ3n) is 3.84. The zero-order valence-corrected chi connectivity index (χ0v) is 11.2. The van der Waals surface area contributed by atoms with E-state index in [0.29, 0.717) is 23.8 Å². The van der Waals surface area contributed by atoms with Gasteiger partial charge in [-0.2, -0.15) is 0 Å². The van der Waals surface area contributed by atoms with Gasteiger partial charge in [-0.05, 0) is 30.7 Å². The molecule has 0 heterocycles. The summed E-state index contributed by atoms with van der Waals surface area (Å²) in [5.41, 5.74) is 2.84. The van der Waals surface area contributed by atoms with Crippen LogP contribution in [0.4, 0.5) is 0 Å². The van der Waals surface area contributed by atoms with Crippen LogP contribution in [0.5, 0.6) is 0 Å². The van der Waals surface area contributed by atoms with Crippen LogP contribution in [0.15, 0.2) is 34.6 Å². The second kappa shape index (κ2) is 6.36. The van der Waals surface area contributed by atoms with Crippen LogP contribution in [-0.4, -0.2) is 21.8 Å². The fourth-order valence-corrected chi connectivity index (χ4v) is 2.74. The van der Waals surface area contributed by atoms with E-state index in [-0.39, 0.29) is 0 Å². The Hall–Kier alpha value is -1.84. The van der Waals surface area contributed by atoms with Crippen LogP contribution in [0.2, 0.25) is 0 Å². The van der Waals surface area contributed by atoms with E-state index in [2.05, 4.69) is 22.4 Å². The molecule has 1 aromatic carbocycles. The molecule has 1 fully saturated rings. The van der Waals surface area contributed by atoms with Gasteiger partial charge in [-0.25, -0.2) is 0 Å². The van der Waals surface area contributed by atoms with Gasteiger partial charge in [0.15, 0.2) is 0 Å². The van der Waals surface area contributed by atoms with Gasteiger partial charge >= 0.3 is 0 Å². The van der Waals surface area contributed by atoms with Crippen molar-refractivity contribution in [1.29, 1.82) is 0 Å². The van der Waals surface area contributed by atoms with Crippen LogP contribution in [-0.2, 0) is 0 Å². The quantitative estimate of drug-likeness (QED) is 0.491. The third-order valence-corrected chi connectivity index (χ3v) is 3.84. The van der Waals surface area contributed by atoms with Crippen molar-refractivity contribution in [3.8, 4) is 0 Å². The van der Waals surface area contributed by atoms with E-state index in [9.17, 15) is 0 Å². The molecule has 0 bridgehead atoms. The van der Waals surface area contributed by atoms with Crippen molar-refractivity contribution in [3.05, 3.63) is 35.4 Å². The van der Waals surface area contributed by atoms with Crippen LogP contribution < -0.4 is 0 Å². The number of nitrogens with zero attached hydrogens (tertiary/aromatic N) is 2. The first-order valence-corrected chi connectivity index (χ1v) is 6.83. The van der Waals surface area contributed by atoms with Crippen molar-refractivity contribution >= 4 is 11.4 Å². The van der Waals surface area contributed by atoms with Gasteiger partial charge in [-0.15, -0.1) is 0 Å². The van der Waals surface area contributed by atoms with Gasteiger partial charge in [-0.3, -0.25) is 0 Å². The standard InChI is InChI=1S/C15H20N2O2/c1-2-14(16-18)15(17-19)13-9-7-12(8-10-13)11-5-3-4-6-11/h7-11,18-19H,2-6H2,1H3/b16-14+,17-15-. The Kier molecular flexibility index (Phi) is 4.55. The average molecular weight is 260 g/mol. The maximum absolute atomic E-state index is 9.09. The second-order valence-corrected chi connectivity index (χ2v) is 4.95. The molecule has 1 aliphatic carbocycles. The summed E-state index contributed by atoms with van der Waals surface area (Å²) in [6, 6.07) is 8.04. The maximum atomic E-state index is 9.09. The van der Waals surface area contributed by atoms with Crippen LogP contribution in [0, 0.1) is 0 Å². The summed E-state index contributed by atoms with van der Waals surface area (Å²) in [6.45, 7) is 1.85. The van der Waals surface area contributed by atoms with E-state index in [1.807, 2.05) is 19.1 Å². The molecule has 4 heteroatoms. The molecule has 0 spiro atoms. The lowest BCUT2D eigenvalue weighted by Crippen LogP contribution is -2.15. The number of rotatable bonds is 4. The lowest BCUT2D eigenvalue weighted by Gasteiger charge is -2.11. The normalized spacial score (nSPS) is 17.9. The predicted octanol–water partition coefficient (Wildman–Crippen LogP) is 3.76. The Bertz CT molecular complexity index is 471. The largest absolute Gasteiger partial charge is 0.411 e. The third kappa shape index (κ3) is 2.95. The molecule has 0 radical (unpaired) electrons. The molecular weight excluding hydrogens is 240 g/mol. The second-order valence-electron chi connectivity index (χ2n) is 4.95. The number of hydrogen-bond acceptors (Lipinski definition) is 4. The van der Waals surface area contributed by atoms with Gasteiger partial charge in [0.2, 0.25) is 0 Å². The van der Waals surface area contributed by atoms with Crippen LogP contribution in [0.3, 0.4) is 0 Å². The van der Waals surface area contributed by atoms with E-state index in [1.54, 1.807) is 0 Å². The zero-order valence-electron chi connectivity index (χ0n) is 11.2. The van der Waals surface area contributed by atoms with Crippen molar-refractivity contribution in [1.82, 2.24) is 0 Å². The minimum absolute atomic E-state index is 0.336. The molecular formula is C15H20N2O2. The van der Waals surface area contributed by atoms with E-state index >= 15 is 0 Å². The summed E-state index contributed by atoms with van der Waals surface area (Å²) in [5.74, 6) is 0.667. The summed E-state index contributed by atoms with van der Waals surface area (Å²) < 4.78 is 0. The molecule has 1 aromatic rings. The molecule has 2 rings (SSSR count). The first-order chi connectivity index (χ1) is 9.30. The Morgan fingerprint density at radius 2 is 1.74 bits per heavy atom. The average Bonchev–Trinajstić information content (AvgIpc) is 2.99. The fourth-order valence-electron chi connectivity index (χ4n) is 2.74. The molecule has 1 saturated carbocycles. The van der Waals surface area contributed by atoms with Gasteiger partial charge in [0.05, 0.1) is 0 Å². The number of benzene rings is 1. The lowest BCUT2D eigenvalue weighted by molar-refractivity contribution is 0.313. The molecule has 0 aliphatic heterocycles.